The van der Waals surface area contributed by atoms with Crippen LogP contribution in [-0.4, -0.2) is 52.6 Å². The van der Waals surface area contributed by atoms with Crippen molar-refractivity contribution in [2.45, 2.75) is 75.7 Å². The van der Waals surface area contributed by atoms with Crippen molar-refractivity contribution in [2.24, 2.45) is 11.7 Å². The second kappa shape index (κ2) is 17.7. The number of rotatable bonds is 16. The van der Waals surface area contributed by atoms with Gasteiger partial charge in [-0.3, -0.25) is 23.7 Å². The van der Waals surface area contributed by atoms with Gasteiger partial charge in [0.25, 0.3) is 5.91 Å². The predicted molar refractivity (Wildman–Crippen MR) is 182 cm³/mol. The van der Waals surface area contributed by atoms with Gasteiger partial charge in [0, 0.05) is 12.0 Å². The molecule has 0 bridgehead atoms. The van der Waals surface area contributed by atoms with Crippen LogP contribution >= 0.6 is 7.37 Å². The molecule has 1 saturated carbocycles. The average molecular weight is 679 g/mol. The molecule has 0 aliphatic heterocycles. The number of benzene rings is 3. The zero-order chi connectivity index (χ0) is 34.5. The van der Waals surface area contributed by atoms with Crippen LogP contribution in [-0.2, 0) is 31.8 Å². The molecule has 1 aliphatic carbocycles. The molecule has 3 aromatic rings. The van der Waals surface area contributed by atoms with Gasteiger partial charge in [0.05, 0.1) is 0 Å². The first-order valence-corrected chi connectivity index (χ1v) is 18.3. The van der Waals surface area contributed by atoms with Crippen LogP contribution in [0.2, 0.25) is 0 Å². The monoisotopic (exact) mass is 678 g/mol. The highest BCUT2D eigenvalue weighted by Gasteiger charge is 2.38. The fourth-order valence-electron chi connectivity index (χ4n) is 6.10. The fraction of sp³-hybridized carbons (Fsp3) is 0.389. The number of hydrogen-bond acceptors (Lipinski definition) is 5. The van der Waals surface area contributed by atoms with Crippen molar-refractivity contribution in [3.63, 3.8) is 0 Å². The highest BCUT2D eigenvalue weighted by Crippen LogP contribution is 2.46. The second-order valence-corrected chi connectivity index (χ2v) is 14.8. The minimum Gasteiger partial charge on any atom is -0.368 e. The molecule has 4 amide bonds. The first-order valence-electron chi connectivity index (χ1n) is 16.4. The third-order valence-electron chi connectivity index (χ3n) is 8.69. The van der Waals surface area contributed by atoms with E-state index in [1.807, 2.05) is 30.3 Å². The Kier molecular flexibility index (Phi) is 13.5. The molecule has 3 aromatic carbocycles. The third-order valence-corrected chi connectivity index (χ3v) is 10.7. The van der Waals surface area contributed by atoms with Crippen LogP contribution in [0.3, 0.4) is 0 Å². The van der Waals surface area contributed by atoms with Gasteiger partial charge in [-0.15, -0.1) is 0 Å². The molecule has 4 atom stereocenters. The van der Waals surface area contributed by atoms with E-state index in [1.165, 1.54) is 18.2 Å². The summed E-state index contributed by atoms with van der Waals surface area (Å²) < 4.78 is 27.7. The smallest absolute Gasteiger partial charge is 0.252 e. The van der Waals surface area contributed by atoms with Crippen LogP contribution in [0.1, 0.15) is 66.4 Å². The molecule has 0 saturated heterocycles. The maximum Gasteiger partial charge on any atom is 0.252 e. The molecule has 48 heavy (non-hydrogen) atoms. The van der Waals surface area contributed by atoms with E-state index >= 15 is 0 Å². The molecular formula is C36H44FN4O6P. The Bertz CT molecular complexity index is 1590. The quantitative estimate of drug-likeness (QED) is 0.140. The maximum atomic E-state index is 13.8. The average Bonchev–Trinajstić information content (AvgIpc) is 3.07. The lowest BCUT2D eigenvalue weighted by Crippen LogP contribution is -2.56. The highest BCUT2D eigenvalue weighted by atomic mass is 31.2. The molecule has 6 N–H and O–H groups in total. The van der Waals surface area contributed by atoms with Crippen molar-refractivity contribution < 1.29 is 33.0 Å². The topological polar surface area (TPSA) is 168 Å². The van der Waals surface area contributed by atoms with E-state index in [2.05, 4.69) is 16.0 Å². The third kappa shape index (κ3) is 11.1. The van der Waals surface area contributed by atoms with Crippen LogP contribution in [0.4, 0.5) is 4.39 Å². The van der Waals surface area contributed by atoms with Crippen molar-refractivity contribution in [2.75, 3.05) is 6.16 Å². The van der Waals surface area contributed by atoms with Crippen molar-refractivity contribution in [1.82, 2.24) is 16.0 Å². The minimum atomic E-state index is -4.47. The van der Waals surface area contributed by atoms with E-state index < -0.39 is 60.8 Å². The predicted octanol–water partition coefficient (Wildman–Crippen LogP) is 4.45. The lowest BCUT2D eigenvalue weighted by atomic mass is 9.83. The van der Waals surface area contributed by atoms with E-state index in [4.69, 9.17) is 5.73 Å². The summed E-state index contributed by atoms with van der Waals surface area (Å²) in [6.07, 6.45) is 4.65. The molecule has 1 fully saturated rings. The number of aryl methyl sites for hydroxylation is 1. The SMILES string of the molecule is NC(=O)[C@H](CCCc1ccccc1)NC(=O)[C@@H](NC(=O)CP(=O)(O)C(Cc1ccccc1)NC(=O)c1cccc(F)c1)C1CCCCC1. The zero-order valence-corrected chi connectivity index (χ0v) is 27.7. The molecule has 12 heteroatoms. The summed E-state index contributed by atoms with van der Waals surface area (Å²) in [7, 11) is -4.47. The summed E-state index contributed by atoms with van der Waals surface area (Å²) in [5.74, 6) is -5.15. The molecule has 0 spiro atoms. The number of halogens is 1. The van der Waals surface area contributed by atoms with Gasteiger partial charge in [-0.05, 0) is 67.3 Å². The maximum absolute atomic E-state index is 13.8. The summed E-state index contributed by atoms with van der Waals surface area (Å²) in [6, 6.07) is 21.3. The number of carbonyl (C=O) groups is 4. The number of carbonyl (C=O) groups excluding carboxylic acids is 4. The normalized spacial score (nSPS) is 16.5. The molecule has 1 aliphatic rings. The molecular weight excluding hydrogens is 634 g/mol. The van der Waals surface area contributed by atoms with Crippen LogP contribution in [0.25, 0.3) is 0 Å². The lowest BCUT2D eigenvalue weighted by molar-refractivity contribution is -0.132. The van der Waals surface area contributed by atoms with Gasteiger partial charge in [-0.2, -0.15) is 0 Å². The van der Waals surface area contributed by atoms with Gasteiger partial charge >= 0.3 is 0 Å². The van der Waals surface area contributed by atoms with E-state index in [1.54, 1.807) is 30.3 Å². The second-order valence-electron chi connectivity index (χ2n) is 12.4. The van der Waals surface area contributed by atoms with Crippen molar-refractivity contribution in [3.05, 3.63) is 107 Å². The van der Waals surface area contributed by atoms with Crippen LogP contribution in [0, 0.1) is 11.7 Å². The minimum absolute atomic E-state index is 0.0423. The molecule has 4 rings (SSSR count). The standard InChI is InChI=1S/C36H44FN4O6P/c37-29-20-11-19-28(23-29)35(44)41-32(22-26-14-6-2-7-15-26)48(46,47)24-31(42)40-33(27-17-8-3-9-18-27)36(45)39-30(34(38)43)21-10-16-25-12-4-1-5-13-25/h1-2,4-7,11-15,19-20,23,27,30,32-33H,3,8-10,16-18,21-22,24H2,(H2,38,43)(H,39,45)(H,40,42)(H,41,44)(H,46,47)/t30-,32?,33-/m0/s1. The Balaban J connectivity index is 1.47. The van der Waals surface area contributed by atoms with Crippen LogP contribution in [0.15, 0.2) is 84.9 Å². The van der Waals surface area contributed by atoms with Crippen LogP contribution in [0.5, 0.6) is 0 Å². The molecule has 256 valence electrons. The largest absolute Gasteiger partial charge is 0.368 e. The molecule has 0 heterocycles. The summed E-state index contributed by atoms with van der Waals surface area (Å²) in [5, 5.41) is 7.94. The highest BCUT2D eigenvalue weighted by molar-refractivity contribution is 7.59. The van der Waals surface area contributed by atoms with Gasteiger partial charge < -0.3 is 26.6 Å². The summed E-state index contributed by atoms with van der Waals surface area (Å²) in [4.78, 5) is 63.7. The number of nitrogens with two attached hydrogens (primary N) is 1. The molecule has 10 nitrogen and oxygen atoms in total. The van der Waals surface area contributed by atoms with E-state index in [0.29, 0.717) is 37.7 Å². The zero-order valence-electron chi connectivity index (χ0n) is 26.9. The first-order chi connectivity index (χ1) is 23.0. The summed E-state index contributed by atoms with van der Waals surface area (Å²) in [6.45, 7) is 0. The first kappa shape index (κ1) is 36.5. The van der Waals surface area contributed by atoms with Crippen LogP contribution < -0.4 is 21.7 Å². The Hall–Kier alpha value is -4.34. The summed E-state index contributed by atoms with van der Waals surface area (Å²) >= 11 is 0. The van der Waals surface area contributed by atoms with E-state index in [-0.39, 0.29) is 17.9 Å². The van der Waals surface area contributed by atoms with Gasteiger partial charge in [0.1, 0.15) is 29.8 Å². The van der Waals surface area contributed by atoms with E-state index in [9.17, 15) is 33.0 Å². The van der Waals surface area contributed by atoms with E-state index in [0.717, 1.165) is 30.9 Å². The van der Waals surface area contributed by atoms with Crippen molar-refractivity contribution >= 4 is 31.0 Å². The van der Waals surface area contributed by atoms with Crippen molar-refractivity contribution in [3.8, 4) is 0 Å². The Morgan fingerprint density at radius 2 is 1.50 bits per heavy atom. The molecule has 0 aromatic heterocycles. The van der Waals surface area contributed by atoms with Gasteiger partial charge in [0.15, 0.2) is 0 Å². The van der Waals surface area contributed by atoms with Gasteiger partial charge in [-0.1, -0.05) is 86.0 Å². The van der Waals surface area contributed by atoms with Crippen molar-refractivity contribution in [1.29, 1.82) is 0 Å². The molecule has 0 radical (unpaired) electrons. The fourth-order valence-corrected chi connectivity index (χ4v) is 7.64. The number of nitrogens with one attached hydrogen (secondary N) is 3. The Morgan fingerprint density at radius 1 is 0.854 bits per heavy atom. The number of amides is 4. The Labute approximate surface area is 280 Å². The Morgan fingerprint density at radius 3 is 2.12 bits per heavy atom. The van der Waals surface area contributed by atoms with Gasteiger partial charge in [0.2, 0.25) is 25.1 Å². The van der Waals surface area contributed by atoms with Gasteiger partial charge in [-0.25, -0.2) is 4.39 Å². The molecule has 2 unspecified atom stereocenters. The summed E-state index contributed by atoms with van der Waals surface area (Å²) in [5.41, 5.74) is 7.33. The number of primary amides is 1. The lowest BCUT2D eigenvalue weighted by Gasteiger charge is -2.31. The number of hydrogen-bond donors (Lipinski definition) is 5.